The zero-order valence-electron chi connectivity index (χ0n) is 17.2. The molecule has 0 saturated carbocycles. The molecular formula is C22H33N3O2. The fourth-order valence-electron chi connectivity index (χ4n) is 2.33. The van der Waals surface area contributed by atoms with E-state index >= 15 is 0 Å². The molecule has 2 N–H and O–H groups in total. The molecular weight excluding hydrogens is 338 g/mol. The first-order valence-electron chi connectivity index (χ1n) is 9.37. The van der Waals surface area contributed by atoms with E-state index in [1.807, 2.05) is 58.9 Å². The van der Waals surface area contributed by atoms with Crippen LogP contribution < -0.4 is 15.5 Å². The van der Waals surface area contributed by atoms with Crippen LogP contribution in [0.3, 0.4) is 0 Å². The van der Waals surface area contributed by atoms with Crippen molar-refractivity contribution in [3.8, 4) is 0 Å². The number of carbonyl (C=O) groups is 2. The van der Waals surface area contributed by atoms with Gasteiger partial charge >= 0.3 is 6.03 Å². The van der Waals surface area contributed by atoms with Crippen molar-refractivity contribution < 1.29 is 9.59 Å². The van der Waals surface area contributed by atoms with Crippen LogP contribution in [-0.2, 0) is 4.79 Å². The molecule has 1 atom stereocenters. The molecule has 0 saturated heterocycles. The maximum Gasteiger partial charge on any atom is 0.319 e. The van der Waals surface area contributed by atoms with Gasteiger partial charge in [-0.2, -0.15) is 0 Å². The number of carbonyl (C=O) groups excluding carboxylic acids is 2. The molecule has 5 heteroatoms. The Balaban J connectivity index is 0.00000326. The van der Waals surface area contributed by atoms with Crippen LogP contribution in [0.1, 0.15) is 39.7 Å². The number of rotatable bonds is 8. The van der Waals surface area contributed by atoms with Gasteiger partial charge in [-0.05, 0) is 44.6 Å². The molecule has 0 fully saturated rings. The van der Waals surface area contributed by atoms with Gasteiger partial charge in [-0.15, -0.1) is 0 Å². The van der Waals surface area contributed by atoms with Crippen molar-refractivity contribution in [1.29, 1.82) is 0 Å². The van der Waals surface area contributed by atoms with Gasteiger partial charge < -0.3 is 15.5 Å². The third-order valence-electron chi connectivity index (χ3n) is 3.71. The largest absolute Gasteiger partial charge is 0.326 e. The number of allylic oxidation sites excluding steroid dienone is 3. The zero-order valence-corrected chi connectivity index (χ0v) is 17.2. The molecule has 0 bridgehead atoms. The van der Waals surface area contributed by atoms with Crippen molar-refractivity contribution in [2.24, 2.45) is 0 Å². The summed E-state index contributed by atoms with van der Waals surface area (Å²) in [6.07, 6.45) is 5.17. The van der Waals surface area contributed by atoms with Crippen molar-refractivity contribution in [2.75, 3.05) is 11.4 Å². The van der Waals surface area contributed by atoms with E-state index in [1.165, 1.54) is 6.08 Å². The van der Waals surface area contributed by atoms with E-state index in [0.717, 1.165) is 11.3 Å². The summed E-state index contributed by atoms with van der Waals surface area (Å²) in [5, 5.41) is 5.36. The lowest BCUT2D eigenvalue weighted by molar-refractivity contribution is -0.120. The number of anilines is 1. The molecule has 0 spiro atoms. The summed E-state index contributed by atoms with van der Waals surface area (Å²) in [5.41, 5.74) is 2.46. The highest BCUT2D eigenvalue weighted by Crippen LogP contribution is 2.16. The molecule has 0 aromatic heterocycles. The maximum absolute atomic E-state index is 12.8. The lowest BCUT2D eigenvalue weighted by Crippen LogP contribution is -2.51. The Labute approximate surface area is 163 Å². The molecule has 0 heterocycles. The van der Waals surface area contributed by atoms with Gasteiger partial charge in [0.1, 0.15) is 6.04 Å². The number of nitrogens with zero attached hydrogens (tertiary/aromatic N) is 1. The number of benzene rings is 1. The number of amides is 3. The minimum Gasteiger partial charge on any atom is -0.326 e. The van der Waals surface area contributed by atoms with E-state index in [4.69, 9.17) is 0 Å². The Morgan fingerprint density at radius 2 is 1.74 bits per heavy atom. The highest BCUT2D eigenvalue weighted by Gasteiger charge is 2.24. The monoisotopic (exact) mass is 371 g/mol. The molecule has 1 unspecified atom stereocenters. The Morgan fingerprint density at radius 1 is 1.15 bits per heavy atom. The molecule has 0 aliphatic carbocycles. The second-order valence-electron chi connectivity index (χ2n) is 5.54. The lowest BCUT2D eigenvalue weighted by atomic mass is 10.1. The van der Waals surface area contributed by atoms with Crippen molar-refractivity contribution in [3.05, 3.63) is 66.9 Å². The molecule has 1 rings (SSSR count). The van der Waals surface area contributed by atoms with Crippen molar-refractivity contribution in [2.45, 2.75) is 47.1 Å². The zero-order chi connectivity index (χ0) is 20.8. The predicted octanol–water partition coefficient (Wildman–Crippen LogP) is 4.71. The third-order valence-corrected chi connectivity index (χ3v) is 3.71. The Bertz CT molecular complexity index is 648. The van der Waals surface area contributed by atoms with Crippen LogP contribution in [0.15, 0.2) is 61.3 Å². The van der Waals surface area contributed by atoms with Crippen molar-refractivity contribution in [3.63, 3.8) is 0 Å². The van der Waals surface area contributed by atoms with Gasteiger partial charge in [0, 0.05) is 17.9 Å². The quantitative estimate of drug-likeness (QED) is 0.650. The topological polar surface area (TPSA) is 61.4 Å². The highest BCUT2D eigenvalue weighted by molar-refractivity contribution is 5.99. The van der Waals surface area contributed by atoms with Gasteiger partial charge in [-0.3, -0.25) is 4.79 Å². The summed E-state index contributed by atoms with van der Waals surface area (Å²) in [4.78, 5) is 26.6. The molecule has 27 heavy (non-hydrogen) atoms. The first-order chi connectivity index (χ1) is 13.0. The number of nitrogens with one attached hydrogen (secondary N) is 2. The van der Waals surface area contributed by atoms with Crippen LogP contribution in [0.4, 0.5) is 10.5 Å². The molecule has 148 valence electrons. The summed E-state index contributed by atoms with van der Waals surface area (Å²) in [6, 6.07) is 6.67. The average Bonchev–Trinajstić information content (AvgIpc) is 2.69. The number of hydrogen-bond donors (Lipinski definition) is 2. The molecule has 3 amide bonds. The second kappa shape index (κ2) is 13.4. The average molecular weight is 372 g/mol. The Hall–Kier alpha value is -2.82. The van der Waals surface area contributed by atoms with Gasteiger partial charge in [0.05, 0.1) is 0 Å². The number of likely N-dealkylation sites (N-methyl/N-ethyl adjacent to an activating group) is 1. The minimum absolute atomic E-state index is 0.142. The number of aryl methyl sites for hydroxylation is 1. The summed E-state index contributed by atoms with van der Waals surface area (Å²) in [6.45, 7) is 17.5. The van der Waals surface area contributed by atoms with E-state index in [0.29, 0.717) is 18.7 Å². The van der Waals surface area contributed by atoms with Gasteiger partial charge in [0.2, 0.25) is 5.91 Å². The fraction of sp³-hybridized carbons (Fsp3) is 0.364. The van der Waals surface area contributed by atoms with E-state index in [1.54, 1.807) is 17.1 Å². The van der Waals surface area contributed by atoms with E-state index in [2.05, 4.69) is 23.8 Å². The van der Waals surface area contributed by atoms with E-state index in [-0.39, 0.29) is 5.91 Å². The van der Waals surface area contributed by atoms with Gasteiger partial charge in [-0.25, -0.2) is 4.79 Å². The minimum atomic E-state index is -0.615. The SMILES string of the molecule is C=C/C=C(\C=C)NC(=O)NC(CC)C(=O)N(CC)c1ccc(C)cc1.CC. The fourth-order valence-corrected chi connectivity index (χ4v) is 2.33. The van der Waals surface area contributed by atoms with Gasteiger partial charge in [-0.1, -0.05) is 57.7 Å². The van der Waals surface area contributed by atoms with E-state index < -0.39 is 12.1 Å². The van der Waals surface area contributed by atoms with Gasteiger partial charge in [0.15, 0.2) is 0 Å². The lowest BCUT2D eigenvalue weighted by Gasteiger charge is -2.26. The second-order valence-corrected chi connectivity index (χ2v) is 5.54. The van der Waals surface area contributed by atoms with Crippen LogP contribution >= 0.6 is 0 Å². The van der Waals surface area contributed by atoms with Crippen LogP contribution in [0.5, 0.6) is 0 Å². The third kappa shape index (κ3) is 7.94. The standard InChI is InChI=1S/C20H27N3O2.C2H6/c1-6-10-16(7-2)21-20(25)22-18(8-3)19(24)23(9-4)17-13-11-15(5)12-14-17;1-2/h6-7,10-14,18H,1-2,8-9H2,3-5H3,(H2,21,22,25);1-2H3/b16-10+;. The van der Waals surface area contributed by atoms with Crippen molar-refractivity contribution in [1.82, 2.24) is 10.6 Å². The van der Waals surface area contributed by atoms with E-state index in [9.17, 15) is 9.59 Å². The molecule has 0 aliphatic rings. The van der Waals surface area contributed by atoms with Crippen molar-refractivity contribution >= 4 is 17.6 Å². The predicted molar refractivity (Wildman–Crippen MR) is 115 cm³/mol. The van der Waals surface area contributed by atoms with Crippen LogP contribution in [0, 0.1) is 6.92 Å². The molecule has 1 aromatic rings. The summed E-state index contributed by atoms with van der Waals surface area (Å²) in [5.74, 6) is -0.142. The smallest absolute Gasteiger partial charge is 0.319 e. The first-order valence-corrected chi connectivity index (χ1v) is 9.37. The molecule has 1 aromatic carbocycles. The molecule has 5 nitrogen and oxygen atoms in total. The van der Waals surface area contributed by atoms with Crippen LogP contribution in [-0.4, -0.2) is 24.5 Å². The molecule has 0 radical (unpaired) electrons. The van der Waals surface area contributed by atoms with Crippen LogP contribution in [0.25, 0.3) is 0 Å². The van der Waals surface area contributed by atoms with Gasteiger partial charge in [0.25, 0.3) is 0 Å². The number of urea groups is 1. The Morgan fingerprint density at radius 3 is 2.19 bits per heavy atom. The maximum atomic E-state index is 12.8. The first kappa shape index (κ1) is 24.2. The highest BCUT2D eigenvalue weighted by atomic mass is 16.2. The summed E-state index contributed by atoms with van der Waals surface area (Å²) < 4.78 is 0. The van der Waals surface area contributed by atoms with Crippen LogP contribution in [0.2, 0.25) is 0 Å². The molecule has 0 aliphatic heterocycles. The normalized spacial score (nSPS) is 11.4. The summed E-state index contributed by atoms with van der Waals surface area (Å²) >= 11 is 0. The Kier molecular flexibility index (Phi) is 12.0. The summed E-state index contributed by atoms with van der Waals surface area (Å²) in [7, 11) is 0. The number of hydrogen-bond acceptors (Lipinski definition) is 2.